The summed E-state index contributed by atoms with van der Waals surface area (Å²) in [5, 5.41) is 23.8. The molecule has 168 valence electrons. The van der Waals surface area contributed by atoms with Crippen LogP contribution in [0.4, 0.5) is 5.82 Å². The first-order valence-electron chi connectivity index (χ1n) is 10.7. The molecule has 0 fully saturated rings. The van der Waals surface area contributed by atoms with E-state index < -0.39 is 13.0 Å². The summed E-state index contributed by atoms with van der Waals surface area (Å²) in [6.07, 6.45) is 1.87. The predicted octanol–water partition coefficient (Wildman–Crippen LogP) is 2.15. The minimum atomic E-state index is -1.51. The quantitative estimate of drug-likeness (QED) is 0.324. The number of hydrogen-bond acceptors (Lipinski definition) is 6. The lowest BCUT2D eigenvalue weighted by molar-refractivity contribution is 0.100. The number of carbonyl (C=O) groups excluding carboxylic acids is 1. The van der Waals surface area contributed by atoms with Crippen molar-refractivity contribution in [1.29, 1.82) is 0 Å². The van der Waals surface area contributed by atoms with E-state index in [9.17, 15) is 14.8 Å². The Bertz CT molecular complexity index is 1330. The van der Waals surface area contributed by atoms with Crippen molar-refractivity contribution in [1.82, 2.24) is 14.5 Å². The molecule has 0 spiro atoms. The molecule has 4 rings (SSSR count). The van der Waals surface area contributed by atoms with Crippen molar-refractivity contribution in [3.8, 4) is 11.5 Å². The highest BCUT2D eigenvalue weighted by molar-refractivity contribution is 6.58. The number of nitrogens with zero attached hydrogens (tertiary/aromatic N) is 3. The highest BCUT2D eigenvalue weighted by Gasteiger charge is 2.18. The Kier molecular flexibility index (Phi) is 6.17. The van der Waals surface area contributed by atoms with Gasteiger partial charge in [-0.1, -0.05) is 50.2 Å². The van der Waals surface area contributed by atoms with Gasteiger partial charge < -0.3 is 25.7 Å². The van der Waals surface area contributed by atoms with Crippen molar-refractivity contribution < 1.29 is 14.8 Å². The van der Waals surface area contributed by atoms with Crippen LogP contribution in [0.15, 0.2) is 54.7 Å². The molecular weight excluding hydrogens is 417 g/mol. The van der Waals surface area contributed by atoms with Crippen molar-refractivity contribution in [3.63, 3.8) is 0 Å². The Balaban J connectivity index is 1.75. The Morgan fingerprint density at radius 3 is 2.58 bits per heavy atom. The van der Waals surface area contributed by atoms with Gasteiger partial charge in [0.2, 0.25) is 5.91 Å². The van der Waals surface area contributed by atoms with Gasteiger partial charge in [-0.3, -0.25) is 4.79 Å². The van der Waals surface area contributed by atoms with Crippen molar-refractivity contribution in [3.05, 3.63) is 71.5 Å². The molecular formula is C24H26BN5O3. The molecule has 0 aliphatic heterocycles. The van der Waals surface area contributed by atoms with Gasteiger partial charge in [0.05, 0.1) is 5.69 Å². The lowest BCUT2D eigenvalue weighted by Crippen LogP contribution is -2.30. The third kappa shape index (κ3) is 4.60. The molecule has 0 saturated heterocycles. The van der Waals surface area contributed by atoms with Crippen LogP contribution in [0.25, 0.3) is 22.3 Å². The molecule has 0 saturated carbocycles. The third-order valence-corrected chi connectivity index (χ3v) is 5.57. The number of nitrogens with one attached hydrogen (secondary N) is 1. The second-order valence-electron chi connectivity index (χ2n) is 8.35. The predicted molar refractivity (Wildman–Crippen MR) is 130 cm³/mol. The van der Waals surface area contributed by atoms with E-state index in [0.717, 1.165) is 27.7 Å². The van der Waals surface area contributed by atoms with E-state index >= 15 is 0 Å². The maximum Gasteiger partial charge on any atom is 0.488 e. The third-order valence-electron chi connectivity index (χ3n) is 5.57. The summed E-state index contributed by atoms with van der Waals surface area (Å²) in [6.45, 7) is 4.58. The number of hydrogen-bond donors (Lipinski definition) is 4. The number of benzene rings is 2. The van der Waals surface area contributed by atoms with Crippen LogP contribution in [0.5, 0.6) is 0 Å². The number of carbonyl (C=O) groups is 1. The van der Waals surface area contributed by atoms with Crippen LogP contribution in [0.2, 0.25) is 0 Å². The highest BCUT2D eigenvalue weighted by atomic mass is 16.4. The fraction of sp³-hybridized carbons (Fsp3) is 0.208. The van der Waals surface area contributed by atoms with E-state index in [-0.39, 0.29) is 5.92 Å². The molecule has 0 aliphatic rings. The molecule has 1 amide bonds. The summed E-state index contributed by atoms with van der Waals surface area (Å²) in [5.41, 5.74) is 9.02. The number of aromatic nitrogens is 3. The zero-order valence-electron chi connectivity index (χ0n) is 18.8. The van der Waals surface area contributed by atoms with E-state index in [1.807, 2.05) is 36.0 Å². The van der Waals surface area contributed by atoms with Gasteiger partial charge in [0.1, 0.15) is 5.82 Å². The number of primary amides is 1. The zero-order chi connectivity index (χ0) is 23.7. The molecule has 2 aromatic carbocycles. The zero-order valence-corrected chi connectivity index (χ0v) is 18.8. The first-order valence-corrected chi connectivity index (χ1v) is 10.7. The SMILES string of the molecule is CC(C)c1cc(NCc2cccc(B(O)O)c2)nc(-c2c3cccc(C(N)=O)c3cn2C)n1. The molecule has 8 nitrogen and oxygen atoms in total. The second-order valence-corrected chi connectivity index (χ2v) is 8.35. The van der Waals surface area contributed by atoms with Crippen LogP contribution in [-0.2, 0) is 13.6 Å². The van der Waals surface area contributed by atoms with Crippen LogP contribution in [-0.4, -0.2) is 37.6 Å². The summed E-state index contributed by atoms with van der Waals surface area (Å²) in [6, 6.07) is 14.4. The standard InChI is InChI=1S/C24H26BN5O3/c1-14(2)20-11-21(27-12-15-6-4-7-16(10-15)25(32)33)29-24(28-20)22-17-8-5-9-18(23(26)31)19(17)13-30(22)3/h4-11,13-14,32-33H,12H2,1-3H3,(H2,26,31)(H,27,28,29). The van der Waals surface area contributed by atoms with Crippen LogP contribution in [0.1, 0.15) is 41.4 Å². The Morgan fingerprint density at radius 2 is 1.88 bits per heavy atom. The van der Waals surface area contributed by atoms with Gasteiger partial charge >= 0.3 is 7.12 Å². The fourth-order valence-corrected chi connectivity index (χ4v) is 3.87. The summed E-state index contributed by atoms with van der Waals surface area (Å²) in [5.74, 6) is 0.890. The Morgan fingerprint density at radius 1 is 1.12 bits per heavy atom. The number of amides is 1. The molecule has 0 unspecified atom stereocenters. The van der Waals surface area contributed by atoms with Crippen LogP contribution in [0.3, 0.4) is 0 Å². The van der Waals surface area contributed by atoms with Gasteiger partial charge in [0.15, 0.2) is 5.82 Å². The fourth-order valence-electron chi connectivity index (χ4n) is 3.87. The Labute approximate surface area is 192 Å². The van der Waals surface area contributed by atoms with E-state index in [1.165, 1.54) is 0 Å². The van der Waals surface area contributed by atoms with Gasteiger partial charge in [0, 0.05) is 47.9 Å². The summed E-state index contributed by atoms with van der Waals surface area (Å²) < 4.78 is 1.91. The van der Waals surface area contributed by atoms with E-state index in [2.05, 4.69) is 19.2 Å². The number of nitrogens with two attached hydrogens (primary N) is 1. The van der Waals surface area contributed by atoms with Crippen molar-refractivity contribution in [2.24, 2.45) is 12.8 Å². The molecule has 0 radical (unpaired) electrons. The number of anilines is 1. The van der Waals surface area contributed by atoms with Gasteiger partial charge in [-0.25, -0.2) is 9.97 Å². The summed E-state index contributed by atoms with van der Waals surface area (Å²) >= 11 is 0. The minimum Gasteiger partial charge on any atom is -0.423 e. The molecule has 4 aromatic rings. The molecule has 33 heavy (non-hydrogen) atoms. The maximum absolute atomic E-state index is 11.9. The Hall–Kier alpha value is -3.69. The molecule has 0 bridgehead atoms. The first kappa shape index (κ1) is 22.5. The number of rotatable bonds is 7. The largest absolute Gasteiger partial charge is 0.488 e. The number of aryl methyl sites for hydroxylation is 1. The van der Waals surface area contributed by atoms with Gasteiger partial charge in [-0.2, -0.15) is 0 Å². The normalized spacial score (nSPS) is 11.2. The smallest absolute Gasteiger partial charge is 0.423 e. The van der Waals surface area contributed by atoms with Crippen LogP contribution < -0.4 is 16.5 Å². The molecule has 5 N–H and O–H groups in total. The summed E-state index contributed by atoms with van der Waals surface area (Å²) in [7, 11) is 0.378. The molecule has 0 aliphatic carbocycles. The lowest BCUT2D eigenvalue weighted by atomic mass is 9.80. The summed E-state index contributed by atoms with van der Waals surface area (Å²) in [4.78, 5) is 21.5. The minimum absolute atomic E-state index is 0.174. The van der Waals surface area contributed by atoms with E-state index in [1.54, 1.807) is 30.3 Å². The lowest BCUT2D eigenvalue weighted by Gasteiger charge is -2.13. The van der Waals surface area contributed by atoms with Gasteiger partial charge in [0.25, 0.3) is 0 Å². The van der Waals surface area contributed by atoms with Crippen LogP contribution in [0, 0.1) is 0 Å². The van der Waals surface area contributed by atoms with Crippen molar-refractivity contribution >= 4 is 35.1 Å². The van der Waals surface area contributed by atoms with E-state index in [0.29, 0.717) is 29.2 Å². The second kappa shape index (κ2) is 9.05. The maximum atomic E-state index is 11.9. The molecule has 9 heteroatoms. The first-order chi connectivity index (χ1) is 15.7. The number of fused-ring (bicyclic) bond motifs is 1. The average Bonchev–Trinajstić information content (AvgIpc) is 3.13. The highest BCUT2D eigenvalue weighted by Crippen LogP contribution is 2.31. The monoisotopic (exact) mass is 443 g/mol. The van der Waals surface area contributed by atoms with Crippen molar-refractivity contribution in [2.75, 3.05) is 5.32 Å². The average molecular weight is 443 g/mol. The molecule has 0 atom stereocenters. The van der Waals surface area contributed by atoms with Crippen LogP contribution >= 0.6 is 0 Å². The van der Waals surface area contributed by atoms with Gasteiger partial charge in [-0.15, -0.1) is 0 Å². The van der Waals surface area contributed by atoms with Crippen molar-refractivity contribution in [2.45, 2.75) is 26.3 Å². The van der Waals surface area contributed by atoms with Gasteiger partial charge in [-0.05, 0) is 23.0 Å². The molecule has 2 heterocycles. The van der Waals surface area contributed by atoms with E-state index in [4.69, 9.17) is 15.7 Å². The molecule has 2 aromatic heterocycles. The topological polar surface area (TPSA) is 126 Å².